The number of nitrogens with one attached hydrogen (secondary N) is 1. The third kappa shape index (κ3) is 3.86. The summed E-state index contributed by atoms with van der Waals surface area (Å²) in [6, 6.07) is 13.4. The number of hydrogen-bond acceptors (Lipinski definition) is 6. The highest BCUT2D eigenvalue weighted by atomic mass is 32.1. The molecule has 0 aliphatic heterocycles. The summed E-state index contributed by atoms with van der Waals surface area (Å²) in [5.74, 6) is 1.44. The lowest BCUT2D eigenvalue weighted by molar-refractivity contribution is 0.0950. The van der Waals surface area contributed by atoms with Gasteiger partial charge in [0, 0.05) is 23.9 Å². The van der Waals surface area contributed by atoms with Gasteiger partial charge >= 0.3 is 0 Å². The van der Waals surface area contributed by atoms with Crippen LogP contribution in [0.3, 0.4) is 0 Å². The van der Waals surface area contributed by atoms with Crippen molar-refractivity contribution in [3.63, 3.8) is 0 Å². The first-order chi connectivity index (χ1) is 14.6. The summed E-state index contributed by atoms with van der Waals surface area (Å²) in [7, 11) is 3.07. The minimum atomic E-state index is -0.212. The van der Waals surface area contributed by atoms with Crippen LogP contribution in [0.25, 0.3) is 16.3 Å². The maximum atomic E-state index is 12.6. The van der Waals surface area contributed by atoms with E-state index in [1.165, 1.54) is 24.0 Å². The molecule has 0 radical (unpaired) electrons. The van der Waals surface area contributed by atoms with Crippen LogP contribution in [-0.4, -0.2) is 41.3 Å². The number of aryl methyl sites for hydroxylation is 1. The molecule has 30 heavy (non-hydrogen) atoms. The van der Waals surface area contributed by atoms with Gasteiger partial charge in [0.05, 0.1) is 25.5 Å². The van der Waals surface area contributed by atoms with Crippen LogP contribution in [0.5, 0.6) is 11.5 Å². The second-order valence-corrected chi connectivity index (χ2v) is 7.61. The number of para-hydroxylation sites is 1. The summed E-state index contributed by atoms with van der Waals surface area (Å²) in [6.07, 6.45) is 0.634. The number of rotatable bonds is 7. The fraction of sp³-hybridized carbons (Fsp3) is 0.227. The molecule has 0 fully saturated rings. The van der Waals surface area contributed by atoms with E-state index in [1.54, 1.807) is 25.3 Å². The smallest absolute Gasteiger partial charge is 0.255 e. The van der Waals surface area contributed by atoms with Crippen LogP contribution < -0.4 is 14.8 Å². The Morgan fingerprint density at radius 3 is 2.77 bits per heavy atom. The summed E-state index contributed by atoms with van der Waals surface area (Å²) in [6.45, 7) is 2.51. The van der Waals surface area contributed by atoms with Gasteiger partial charge in [-0.3, -0.25) is 4.79 Å². The summed E-state index contributed by atoms with van der Waals surface area (Å²) in [4.78, 5) is 18.1. The molecule has 0 spiro atoms. The van der Waals surface area contributed by atoms with Gasteiger partial charge in [0.1, 0.15) is 0 Å². The number of fused-ring (bicyclic) bond motifs is 1. The summed E-state index contributed by atoms with van der Waals surface area (Å²) in [5.41, 5.74) is 3.60. The van der Waals surface area contributed by atoms with E-state index in [9.17, 15) is 4.79 Å². The number of ether oxygens (including phenoxy) is 2. The lowest BCUT2D eigenvalue weighted by Crippen LogP contribution is -2.26. The monoisotopic (exact) mass is 422 g/mol. The number of carbonyl (C=O) groups is 1. The van der Waals surface area contributed by atoms with Crippen molar-refractivity contribution in [1.29, 1.82) is 0 Å². The molecule has 0 bridgehead atoms. The van der Waals surface area contributed by atoms with Gasteiger partial charge in [0.2, 0.25) is 4.96 Å². The number of methoxy groups -OCH3 is 2. The molecular formula is C22H22N4O3S. The maximum Gasteiger partial charge on any atom is 0.255 e. The Hall–Kier alpha value is -3.39. The number of thiazole rings is 1. The van der Waals surface area contributed by atoms with Crippen molar-refractivity contribution >= 4 is 22.2 Å². The zero-order valence-corrected chi connectivity index (χ0v) is 17.8. The first-order valence-electron chi connectivity index (χ1n) is 9.50. The van der Waals surface area contributed by atoms with E-state index >= 15 is 0 Å². The molecule has 0 aliphatic carbocycles. The highest BCUT2D eigenvalue weighted by Crippen LogP contribution is 2.30. The summed E-state index contributed by atoms with van der Waals surface area (Å²) < 4.78 is 12.5. The Morgan fingerprint density at radius 2 is 2.00 bits per heavy atom. The number of nitrogens with zero attached hydrogens (tertiary/aromatic N) is 3. The molecule has 4 rings (SSSR count). The van der Waals surface area contributed by atoms with Gasteiger partial charge in [-0.15, -0.1) is 16.4 Å². The SMILES string of the molecule is COc1cccc(C(=O)NCCc2csc3nc(-c4cccc(C)c4)nn23)c1OC. The van der Waals surface area contributed by atoms with E-state index < -0.39 is 0 Å². The number of benzene rings is 2. The molecule has 7 nitrogen and oxygen atoms in total. The zero-order valence-electron chi connectivity index (χ0n) is 17.0. The van der Waals surface area contributed by atoms with E-state index in [0.29, 0.717) is 35.9 Å². The van der Waals surface area contributed by atoms with Crippen molar-refractivity contribution in [2.75, 3.05) is 20.8 Å². The average Bonchev–Trinajstić information content (AvgIpc) is 3.34. The van der Waals surface area contributed by atoms with E-state index in [2.05, 4.69) is 21.5 Å². The number of carbonyl (C=O) groups excluding carboxylic acids is 1. The van der Waals surface area contributed by atoms with Crippen molar-refractivity contribution in [3.8, 4) is 22.9 Å². The Morgan fingerprint density at radius 1 is 1.17 bits per heavy atom. The molecule has 1 amide bonds. The van der Waals surface area contributed by atoms with Gasteiger partial charge < -0.3 is 14.8 Å². The van der Waals surface area contributed by atoms with Crippen LogP contribution in [0.4, 0.5) is 0 Å². The molecule has 8 heteroatoms. The lowest BCUT2D eigenvalue weighted by atomic mass is 10.1. The second kappa shape index (κ2) is 8.54. The summed E-state index contributed by atoms with van der Waals surface area (Å²) in [5, 5.41) is 9.62. The van der Waals surface area contributed by atoms with Crippen molar-refractivity contribution in [3.05, 3.63) is 64.7 Å². The third-order valence-electron chi connectivity index (χ3n) is 4.74. The minimum absolute atomic E-state index is 0.212. The molecule has 0 unspecified atom stereocenters. The van der Waals surface area contributed by atoms with Crippen molar-refractivity contribution < 1.29 is 14.3 Å². The van der Waals surface area contributed by atoms with E-state index in [0.717, 1.165) is 16.2 Å². The molecule has 1 N–H and O–H groups in total. The normalized spacial score (nSPS) is 10.9. The first-order valence-corrected chi connectivity index (χ1v) is 10.4. The minimum Gasteiger partial charge on any atom is -0.493 e. The van der Waals surface area contributed by atoms with E-state index in [4.69, 9.17) is 9.47 Å². The third-order valence-corrected chi connectivity index (χ3v) is 5.61. The fourth-order valence-electron chi connectivity index (χ4n) is 3.27. The van der Waals surface area contributed by atoms with Crippen molar-refractivity contribution in [2.45, 2.75) is 13.3 Å². The molecule has 0 aliphatic rings. The van der Waals surface area contributed by atoms with Gasteiger partial charge in [0.25, 0.3) is 5.91 Å². The van der Waals surface area contributed by atoms with Gasteiger partial charge in [-0.2, -0.15) is 4.98 Å². The quantitative estimate of drug-likeness (QED) is 0.491. The maximum absolute atomic E-state index is 12.6. The largest absolute Gasteiger partial charge is 0.493 e. The van der Waals surface area contributed by atoms with Crippen LogP contribution >= 0.6 is 11.3 Å². The molecule has 2 aromatic heterocycles. The van der Waals surface area contributed by atoms with Crippen molar-refractivity contribution in [1.82, 2.24) is 19.9 Å². The topological polar surface area (TPSA) is 77.8 Å². The fourth-order valence-corrected chi connectivity index (χ4v) is 4.12. The first kappa shape index (κ1) is 19.9. The van der Waals surface area contributed by atoms with Gasteiger partial charge in [0.15, 0.2) is 17.3 Å². The average molecular weight is 423 g/mol. The molecule has 2 heterocycles. The van der Waals surface area contributed by atoms with Gasteiger partial charge in [-0.05, 0) is 25.1 Å². The molecular weight excluding hydrogens is 400 g/mol. The molecule has 2 aromatic carbocycles. The predicted molar refractivity (Wildman–Crippen MR) is 117 cm³/mol. The Labute approximate surface area is 178 Å². The van der Waals surface area contributed by atoms with Gasteiger partial charge in [-0.25, -0.2) is 4.52 Å². The number of aromatic nitrogens is 3. The molecule has 0 saturated carbocycles. The lowest BCUT2D eigenvalue weighted by Gasteiger charge is -2.12. The van der Waals surface area contributed by atoms with Crippen LogP contribution in [0.1, 0.15) is 21.6 Å². The van der Waals surface area contributed by atoms with Crippen LogP contribution in [-0.2, 0) is 6.42 Å². The van der Waals surface area contributed by atoms with Crippen molar-refractivity contribution in [2.24, 2.45) is 0 Å². The van der Waals surface area contributed by atoms with Crippen LogP contribution in [0.2, 0.25) is 0 Å². The van der Waals surface area contributed by atoms with Crippen LogP contribution in [0, 0.1) is 6.92 Å². The van der Waals surface area contributed by atoms with Crippen LogP contribution in [0.15, 0.2) is 47.8 Å². The van der Waals surface area contributed by atoms with E-state index in [1.807, 2.05) is 35.0 Å². The number of amides is 1. The molecule has 154 valence electrons. The Kier molecular flexibility index (Phi) is 5.67. The Bertz CT molecular complexity index is 1200. The molecule has 0 saturated heterocycles. The number of hydrogen-bond donors (Lipinski definition) is 1. The Balaban J connectivity index is 1.46. The highest BCUT2D eigenvalue weighted by molar-refractivity contribution is 7.15. The standard InChI is InChI=1S/C22H22N4O3S/c1-14-6-4-7-15(12-14)20-24-22-26(25-20)16(13-30-22)10-11-23-21(27)17-8-5-9-18(28-2)19(17)29-3/h4-9,12-13H,10-11H2,1-3H3,(H,23,27). The van der Waals surface area contributed by atoms with Gasteiger partial charge in [-0.1, -0.05) is 29.8 Å². The zero-order chi connectivity index (χ0) is 21.1. The predicted octanol–water partition coefficient (Wildman–Crippen LogP) is 3.76. The van der Waals surface area contributed by atoms with E-state index in [-0.39, 0.29) is 5.91 Å². The highest BCUT2D eigenvalue weighted by Gasteiger charge is 2.17. The summed E-state index contributed by atoms with van der Waals surface area (Å²) >= 11 is 1.54. The second-order valence-electron chi connectivity index (χ2n) is 6.77. The molecule has 0 atom stereocenters. The molecule has 4 aromatic rings.